The molecule has 0 saturated carbocycles. The van der Waals surface area contributed by atoms with E-state index in [1.807, 2.05) is 38.2 Å². The van der Waals surface area contributed by atoms with Gasteiger partial charge in [-0.1, -0.05) is 13.3 Å². The molecule has 1 aromatic heterocycles. The Morgan fingerprint density at radius 3 is 2.35 bits per heavy atom. The highest BCUT2D eigenvalue weighted by molar-refractivity contribution is 5.28. The monoisotopic (exact) mass is 237 g/mol. The molecule has 4 heteroatoms. The molecular formula is C13H23N3O. The lowest BCUT2D eigenvalue weighted by Gasteiger charge is -2.22. The van der Waals surface area contributed by atoms with Gasteiger partial charge in [-0.25, -0.2) is 9.97 Å². The first-order valence-corrected chi connectivity index (χ1v) is 6.17. The lowest BCUT2D eigenvalue weighted by atomic mass is 10.1. The third-order valence-electron chi connectivity index (χ3n) is 2.63. The fourth-order valence-electron chi connectivity index (χ4n) is 1.50. The Hall–Kier alpha value is -1.16. The number of hydrogen-bond donors (Lipinski definition) is 1. The number of anilines is 1. The third kappa shape index (κ3) is 5.13. The Kier molecular flexibility index (Phi) is 4.87. The third-order valence-corrected chi connectivity index (χ3v) is 2.63. The summed E-state index contributed by atoms with van der Waals surface area (Å²) in [6.45, 7) is 6.51. The molecule has 1 rings (SSSR count). The van der Waals surface area contributed by atoms with E-state index in [0.29, 0.717) is 12.4 Å². The van der Waals surface area contributed by atoms with Crippen molar-refractivity contribution in [2.45, 2.75) is 45.6 Å². The van der Waals surface area contributed by atoms with Crippen molar-refractivity contribution in [3.63, 3.8) is 0 Å². The lowest BCUT2D eigenvalue weighted by Crippen LogP contribution is -2.29. The molecule has 0 spiro atoms. The molecule has 1 aromatic rings. The van der Waals surface area contributed by atoms with E-state index in [1.165, 1.54) is 5.56 Å². The van der Waals surface area contributed by atoms with E-state index in [2.05, 4.69) is 16.9 Å². The van der Waals surface area contributed by atoms with Gasteiger partial charge in [0, 0.05) is 26.0 Å². The van der Waals surface area contributed by atoms with Gasteiger partial charge in [0.25, 0.3) is 0 Å². The van der Waals surface area contributed by atoms with Gasteiger partial charge in [0.15, 0.2) is 0 Å². The van der Waals surface area contributed by atoms with Crippen LogP contribution in [0, 0.1) is 0 Å². The van der Waals surface area contributed by atoms with Crippen LogP contribution in [0.15, 0.2) is 12.4 Å². The predicted octanol–water partition coefficient (Wildman–Crippen LogP) is 2.03. The van der Waals surface area contributed by atoms with Gasteiger partial charge in [0.05, 0.1) is 5.60 Å². The quantitative estimate of drug-likeness (QED) is 0.822. The topological polar surface area (TPSA) is 49.2 Å². The summed E-state index contributed by atoms with van der Waals surface area (Å²) in [5.41, 5.74) is 0.531. The fourth-order valence-corrected chi connectivity index (χ4v) is 1.50. The van der Waals surface area contributed by atoms with Crippen LogP contribution in [0.3, 0.4) is 0 Å². The van der Waals surface area contributed by atoms with Crippen molar-refractivity contribution in [2.24, 2.45) is 0 Å². The van der Waals surface area contributed by atoms with Crippen molar-refractivity contribution < 1.29 is 5.11 Å². The van der Waals surface area contributed by atoms with Gasteiger partial charge in [-0.3, -0.25) is 0 Å². The summed E-state index contributed by atoms with van der Waals surface area (Å²) in [6, 6.07) is 0. The van der Waals surface area contributed by atoms with E-state index < -0.39 is 5.60 Å². The molecule has 0 saturated heterocycles. The molecule has 96 valence electrons. The number of nitrogens with zero attached hydrogens (tertiary/aromatic N) is 3. The molecule has 0 bridgehead atoms. The van der Waals surface area contributed by atoms with E-state index in [9.17, 15) is 5.11 Å². The van der Waals surface area contributed by atoms with Crippen LogP contribution in [0.2, 0.25) is 0 Å². The Bertz CT molecular complexity index is 330. The maximum absolute atomic E-state index is 9.66. The van der Waals surface area contributed by atoms with Gasteiger partial charge in [-0.2, -0.15) is 0 Å². The zero-order chi connectivity index (χ0) is 12.9. The zero-order valence-electron chi connectivity index (χ0n) is 11.3. The zero-order valence-corrected chi connectivity index (χ0v) is 11.3. The molecule has 0 amide bonds. The van der Waals surface area contributed by atoms with Crippen LogP contribution in [0.25, 0.3) is 0 Å². The van der Waals surface area contributed by atoms with Crippen molar-refractivity contribution in [1.82, 2.24) is 9.97 Å². The Morgan fingerprint density at radius 2 is 1.88 bits per heavy atom. The molecule has 17 heavy (non-hydrogen) atoms. The molecule has 0 unspecified atom stereocenters. The second-order valence-electron chi connectivity index (χ2n) is 5.13. The number of rotatable bonds is 6. The minimum Gasteiger partial charge on any atom is -0.390 e. The average molecular weight is 237 g/mol. The number of hydrogen-bond acceptors (Lipinski definition) is 4. The van der Waals surface area contributed by atoms with E-state index in [0.717, 1.165) is 19.4 Å². The SMILES string of the molecule is CCCc1cnc(N(C)CCC(C)(C)O)nc1. The van der Waals surface area contributed by atoms with Crippen LogP contribution in [0.1, 0.15) is 39.2 Å². The second kappa shape index (κ2) is 5.96. The maximum atomic E-state index is 9.66. The molecule has 0 aliphatic rings. The number of aryl methyl sites for hydroxylation is 1. The van der Waals surface area contributed by atoms with Crippen LogP contribution in [-0.4, -0.2) is 34.3 Å². The highest BCUT2D eigenvalue weighted by atomic mass is 16.3. The highest BCUT2D eigenvalue weighted by Crippen LogP contribution is 2.11. The fraction of sp³-hybridized carbons (Fsp3) is 0.692. The Morgan fingerprint density at radius 1 is 1.29 bits per heavy atom. The number of aromatic nitrogens is 2. The van der Waals surface area contributed by atoms with Crippen molar-refractivity contribution in [3.05, 3.63) is 18.0 Å². The van der Waals surface area contributed by atoms with Gasteiger partial charge < -0.3 is 10.0 Å². The summed E-state index contributed by atoms with van der Waals surface area (Å²) in [4.78, 5) is 10.6. The summed E-state index contributed by atoms with van der Waals surface area (Å²) < 4.78 is 0. The second-order valence-corrected chi connectivity index (χ2v) is 5.13. The van der Waals surface area contributed by atoms with E-state index in [-0.39, 0.29) is 0 Å². The molecule has 0 aliphatic carbocycles. The van der Waals surface area contributed by atoms with E-state index in [4.69, 9.17) is 0 Å². The maximum Gasteiger partial charge on any atom is 0.224 e. The first-order chi connectivity index (χ1) is 7.92. The van der Waals surface area contributed by atoms with Gasteiger partial charge >= 0.3 is 0 Å². The van der Waals surface area contributed by atoms with Crippen LogP contribution >= 0.6 is 0 Å². The van der Waals surface area contributed by atoms with Crippen molar-refractivity contribution >= 4 is 5.95 Å². The highest BCUT2D eigenvalue weighted by Gasteiger charge is 2.14. The summed E-state index contributed by atoms with van der Waals surface area (Å²) in [5.74, 6) is 0.717. The Labute approximate surface area is 104 Å². The molecule has 0 aliphatic heterocycles. The molecule has 0 aromatic carbocycles. The van der Waals surface area contributed by atoms with Crippen molar-refractivity contribution in [3.8, 4) is 0 Å². The molecule has 0 radical (unpaired) electrons. The van der Waals surface area contributed by atoms with Crippen molar-refractivity contribution in [1.29, 1.82) is 0 Å². The van der Waals surface area contributed by atoms with Gasteiger partial charge in [-0.15, -0.1) is 0 Å². The average Bonchev–Trinajstić information content (AvgIpc) is 2.26. The van der Waals surface area contributed by atoms with Gasteiger partial charge in [0.1, 0.15) is 0 Å². The summed E-state index contributed by atoms with van der Waals surface area (Å²) in [5, 5.41) is 9.66. The molecule has 4 nitrogen and oxygen atoms in total. The summed E-state index contributed by atoms with van der Waals surface area (Å²) >= 11 is 0. The standard InChI is InChI=1S/C13H23N3O/c1-5-6-11-9-14-12(15-10-11)16(4)8-7-13(2,3)17/h9-10,17H,5-8H2,1-4H3. The number of aliphatic hydroxyl groups is 1. The minimum absolute atomic E-state index is 0.642. The first-order valence-electron chi connectivity index (χ1n) is 6.17. The summed E-state index contributed by atoms with van der Waals surface area (Å²) in [7, 11) is 1.95. The Balaban J connectivity index is 2.54. The van der Waals surface area contributed by atoms with Crippen LogP contribution in [0.4, 0.5) is 5.95 Å². The van der Waals surface area contributed by atoms with Crippen molar-refractivity contribution in [2.75, 3.05) is 18.5 Å². The molecule has 0 fully saturated rings. The largest absolute Gasteiger partial charge is 0.390 e. The van der Waals surface area contributed by atoms with E-state index in [1.54, 1.807) is 0 Å². The molecular weight excluding hydrogens is 214 g/mol. The molecule has 1 N–H and O–H groups in total. The van der Waals surface area contributed by atoms with E-state index >= 15 is 0 Å². The molecule has 0 atom stereocenters. The normalized spacial score (nSPS) is 11.6. The smallest absolute Gasteiger partial charge is 0.224 e. The summed E-state index contributed by atoms with van der Waals surface area (Å²) in [6.07, 6.45) is 6.59. The first kappa shape index (κ1) is 13.9. The van der Waals surface area contributed by atoms with Crippen LogP contribution < -0.4 is 4.90 Å². The van der Waals surface area contributed by atoms with Crippen LogP contribution in [-0.2, 0) is 6.42 Å². The minimum atomic E-state index is -0.642. The molecule has 1 heterocycles. The lowest BCUT2D eigenvalue weighted by molar-refractivity contribution is 0.0733. The predicted molar refractivity (Wildman–Crippen MR) is 70.2 cm³/mol. The van der Waals surface area contributed by atoms with Gasteiger partial charge in [0.2, 0.25) is 5.95 Å². The van der Waals surface area contributed by atoms with Gasteiger partial charge in [-0.05, 0) is 32.3 Å². The van der Waals surface area contributed by atoms with Crippen LogP contribution in [0.5, 0.6) is 0 Å².